The number of aryl methyl sites for hydroxylation is 2. The second-order valence-corrected chi connectivity index (χ2v) is 14.2. The summed E-state index contributed by atoms with van der Waals surface area (Å²) in [6.45, 7) is 1.52. The molecule has 0 aliphatic heterocycles. The van der Waals surface area contributed by atoms with E-state index in [4.69, 9.17) is 55.9 Å². The van der Waals surface area contributed by atoms with Gasteiger partial charge in [-0.15, -0.1) is 0 Å². The van der Waals surface area contributed by atoms with Crippen LogP contribution in [0.5, 0.6) is 11.5 Å². The van der Waals surface area contributed by atoms with Crippen molar-refractivity contribution >= 4 is 58.2 Å². The van der Waals surface area contributed by atoms with Crippen molar-refractivity contribution in [2.24, 2.45) is 0 Å². The Bertz CT molecular complexity index is 1890. The molecule has 4 aromatic carbocycles. The van der Waals surface area contributed by atoms with Gasteiger partial charge in [-0.1, -0.05) is 70.3 Å². The third-order valence-corrected chi connectivity index (χ3v) is 11.1. The van der Waals surface area contributed by atoms with Gasteiger partial charge in [0, 0.05) is 71.6 Å². The lowest BCUT2D eigenvalue weighted by Crippen LogP contribution is -2.08. The molecule has 252 valence electrons. The molecular formula is C38H34Cl4N4O2S. The van der Waals surface area contributed by atoms with E-state index >= 15 is 0 Å². The molecule has 0 atom stereocenters. The predicted molar refractivity (Wildman–Crippen MR) is 201 cm³/mol. The lowest BCUT2D eigenvalue weighted by atomic mass is 9.96. The van der Waals surface area contributed by atoms with Crippen LogP contribution in [0.2, 0.25) is 20.1 Å². The summed E-state index contributed by atoms with van der Waals surface area (Å²) in [7, 11) is 3.43. The topological polar surface area (TPSA) is 54.1 Å². The van der Waals surface area contributed by atoms with Gasteiger partial charge in [0.25, 0.3) is 0 Å². The number of aromatic nitrogens is 4. The first-order valence-electron chi connectivity index (χ1n) is 15.7. The van der Waals surface area contributed by atoms with Crippen LogP contribution in [0.3, 0.4) is 0 Å². The maximum atomic E-state index is 6.45. The molecule has 0 unspecified atom stereocenters. The number of halogens is 4. The number of hydrogen-bond donors (Lipinski definition) is 0. The summed E-state index contributed by atoms with van der Waals surface area (Å²) in [5, 5.41) is 2.11. The zero-order valence-electron chi connectivity index (χ0n) is 27.0. The number of ether oxygens (including phenoxy) is 2. The summed E-state index contributed by atoms with van der Waals surface area (Å²) < 4.78 is 16.1. The van der Waals surface area contributed by atoms with E-state index in [0.717, 1.165) is 69.5 Å². The molecule has 0 spiro atoms. The second kappa shape index (κ2) is 16.4. The highest BCUT2D eigenvalue weighted by atomic mass is 35.5. The molecule has 2 aromatic heterocycles. The van der Waals surface area contributed by atoms with Gasteiger partial charge >= 0.3 is 0 Å². The van der Waals surface area contributed by atoms with E-state index in [9.17, 15) is 0 Å². The van der Waals surface area contributed by atoms with E-state index in [1.165, 1.54) is 11.1 Å². The van der Waals surface area contributed by atoms with Gasteiger partial charge in [0.05, 0.1) is 47.0 Å². The van der Waals surface area contributed by atoms with Crippen LogP contribution >= 0.6 is 58.2 Å². The third-order valence-electron chi connectivity index (χ3n) is 8.44. The largest absolute Gasteiger partial charge is 0.496 e. The van der Waals surface area contributed by atoms with Crippen LogP contribution in [0, 0.1) is 0 Å². The number of imidazole rings is 2. The summed E-state index contributed by atoms with van der Waals surface area (Å²) in [4.78, 5) is 10.8. The van der Waals surface area contributed by atoms with Crippen LogP contribution in [-0.2, 0) is 38.8 Å². The molecule has 11 heteroatoms. The van der Waals surface area contributed by atoms with Crippen molar-refractivity contribution in [3.8, 4) is 11.5 Å². The molecule has 0 aliphatic rings. The molecule has 49 heavy (non-hydrogen) atoms. The van der Waals surface area contributed by atoms with Crippen molar-refractivity contribution in [1.82, 2.24) is 19.1 Å². The number of benzene rings is 4. The molecule has 6 aromatic rings. The first-order chi connectivity index (χ1) is 23.8. The molecule has 0 amide bonds. The predicted octanol–water partition coefficient (Wildman–Crippen LogP) is 10.5. The van der Waals surface area contributed by atoms with E-state index < -0.39 is 0 Å². The summed E-state index contributed by atoms with van der Waals surface area (Å²) >= 11 is 27.2. The molecule has 0 saturated carbocycles. The van der Waals surface area contributed by atoms with E-state index in [2.05, 4.69) is 43.4 Å². The molecular weight excluding hydrogens is 718 g/mol. The quantitative estimate of drug-likeness (QED) is 0.111. The molecule has 0 fully saturated rings. The molecule has 6 nitrogen and oxygen atoms in total. The van der Waals surface area contributed by atoms with E-state index in [-0.39, 0.29) is 0 Å². The first kappa shape index (κ1) is 35.2. The van der Waals surface area contributed by atoms with Gasteiger partial charge in [0.15, 0.2) is 0 Å². The summed E-state index contributed by atoms with van der Waals surface area (Å²) in [6.07, 6.45) is 14.1. The fourth-order valence-electron chi connectivity index (χ4n) is 5.96. The Labute approximate surface area is 310 Å². The highest BCUT2D eigenvalue weighted by Gasteiger charge is 2.21. The first-order valence-corrected chi connectivity index (χ1v) is 18.0. The molecule has 0 bridgehead atoms. The minimum absolute atomic E-state index is 0.527. The van der Waals surface area contributed by atoms with Crippen molar-refractivity contribution < 1.29 is 9.47 Å². The zero-order valence-corrected chi connectivity index (χ0v) is 30.8. The van der Waals surface area contributed by atoms with Crippen molar-refractivity contribution in [2.75, 3.05) is 14.2 Å². The Morgan fingerprint density at radius 1 is 0.571 bits per heavy atom. The molecule has 0 N–H and O–H groups in total. The van der Waals surface area contributed by atoms with Crippen LogP contribution < -0.4 is 9.47 Å². The van der Waals surface area contributed by atoms with Crippen molar-refractivity contribution in [3.63, 3.8) is 0 Å². The Balaban J connectivity index is 1.45. The molecule has 6 rings (SSSR count). The minimum Gasteiger partial charge on any atom is -0.496 e. The smallest absolute Gasteiger partial charge is 0.122 e. The second-order valence-electron chi connectivity index (χ2n) is 11.5. The number of nitrogens with zero attached hydrogens (tertiary/aromatic N) is 4. The highest BCUT2D eigenvalue weighted by molar-refractivity contribution is 7.99. The summed E-state index contributed by atoms with van der Waals surface area (Å²) in [6, 6.07) is 20.0. The minimum atomic E-state index is 0.527. The molecule has 0 aliphatic carbocycles. The standard InChI is InChI=1S/C38H34Cl4N4O2S/c1-47-35-7-9-37(27(11-15-45-17-13-43-23-45)29(35)19-25-3-5-31(39)33(41)21-25)49-38-10-8-36(48-2)30(20-26-4-6-32(40)34(42)22-26)28(38)12-16-46-18-14-44-24-46/h3-10,13-14,17-18,21-24H,11-12,15-16,19-20H2,1-2H3. The fourth-order valence-corrected chi connectivity index (χ4v) is 7.80. The van der Waals surface area contributed by atoms with Gasteiger partial charge in [-0.3, -0.25) is 0 Å². The maximum absolute atomic E-state index is 6.45. The zero-order chi connectivity index (χ0) is 34.3. The number of methoxy groups -OCH3 is 2. The van der Waals surface area contributed by atoms with Crippen LogP contribution in [-0.4, -0.2) is 33.3 Å². The van der Waals surface area contributed by atoms with Crippen molar-refractivity contribution in [2.45, 2.75) is 48.6 Å². The average molecular weight is 753 g/mol. The lowest BCUT2D eigenvalue weighted by Gasteiger charge is -2.22. The average Bonchev–Trinajstić information content (AvgIpc) is 3.83. The van der Waals surface area contributed by atoms with Crippen LogP contribution in [0.1, 0.15) is 33.4 Å². The molecule has 0 saturated heterocycles. The van der Waals surface area contributed by atoms with Gasteiger partial charge in [-0.2, -0.15) is 0 Å². The fraction of sp³-hybridized carbons (Fsp3) is 0.211. The Hall–Kier alpha value is -3.59. The van der Waals surface area contributed by atoms with Gasteiger partial charge in [-0.25, -0.2) is 9.97 Å². The third kappa shape index (κ3) is 8.59. The maximum Gasteiger partial charge on any atom is 0.122 e. The number of rotatable bonds is 14. The number of hydrogen-bond acceptors (Lipinski definition) is 5. The Morgan fingerprint density at radius 2 is 1.02 bits per heavy atom. The van der Waals surface area contributed by atoms with Crippen LogP contribution in [0.15, 0.2) is 108 Å². The molecule has 2 heterocycles. The Kier molecular flexibility index (Phi) is 11.8. The van der Waals surface area contributed by atoms with Crippen LogP contribution in [0.4, 0.5) is 0 Å². The van der Waals surface area contributed by atoms with Gasteiger partial charge < -0.3 is 18.6 Å². The lowest BCUT2D eigenvalue weighted by molar-refractivity contribution is 0.409. The SMILES string of the molecule is COc1ccc(Sc2ccc(OC)c(Cc3ccc(Cl)c(Cl)c3)c2CCn2ccnc2)c(CCn2ccnc2)c1Cc1ccc(Cl)c(Cl)c1. The van der Waals surface area contributed by atoms with Gasteiger partial charge in [0.1, 0.15) is 11.5 Å². The molecule has 0 radical (unpaired) electrons. The highest BCUT2D eigenvalue weighted by Crippen LogP contribution is 2.42. The van der Waals surface area contributed by atoms with Crippen molar-refractivity contribution in [1.29, 1.82) is 0 Å². The monoisotopic (exact) mass is 750 g/mol. The van der Waals surface area contributed by atoms with E-state index in [1.807, 2.05) is 61.4 Å². The van der Waals surface area contributed by atoms with E-state index in [0.29, 0.717) is 32.9 Å². The van der Waals surface area contributed by atoms with Crippen LogP contribution in [0.25, 0.3) is 0 Å². The Morgan fingerprint density at radius 3 is 1.39 bits per heavy atom. The van der Waals surface area contributed by atoms with E-state index in [1.54, 1.807) is 38.4 Å². The summed E-state index contributed by atoms with van der Waals surface area (Å²) in [5.74, 6) is 1.65. The van der Waals surface area contributed by atoms with Gasteiger partial charge in [-0.05, 0) is 83.6 Å². The van der Waals surface area contributed by atoms with Gasteiger partial charge in [0.2, 0.25) is 0 Å². The van der Waals surface area contributed by atoms with Crippen molar-refractivity contribution in [3.05, 3.63) is 152 Å². The summed E-state index contributed by atoms with van der Waals surface area (Å²) in [5.41, 5.74) is 6.71. The normalized spacial score (nSPS) is 11.2.